The number of carbonyl (C=O) groups excluding carboxylic acids is 1. The Balaban J connectivity index is 2.12. The lowest BCUT2D eigenvalue weighted by Crippen LogP contribution is -2.25. The molecule has 1 aromatic heterocycles. The first-order valence-electron chi connectivity index (χ1n) is 4.45. The number of anilines is 1. The van der Waals surface area contributed by atoms with Crippen LogP contribution in [0.3, 0.4) is 0 Å². The van der Waals surface area contributed by atoms with E-state index in [4.69, 9.17) is 5.73 Å². The molecule has 0 aliphatic heterocycles. The third kappa shape index (κ3) is 2.04. The fourth-order valence-corrected chi connectivity index (χ4v) is 2.68. The zero-order valence-corrected chi connectivity index (χ0v) is 9.50. The van der Waals surface area contributed by atoms with Gasteiger partial charge >= 0.3 is 0 Å². The molecule has 1 aliphatic rings. The van der Waals surface area contributed by atoms with Crippen LogP contribution in [0.15, 0.2) is 10.3 Å². The molecular weight excluding hydrogens is 216 g/mol. The maximum absolute atomic E-state index is 11.7. The van der Waals surface area contributed by atoms with Crippen LogP contribution in [0.5, 0.6) is 0 Å². The first-order valence-corrected chi connectivity index (χ1v) is 6.49. The number of rotatable bonds is 3. The van der Waals surface area contributed by atoms with Crippen molar-refractivity contribution >= 4 is 34.7 Å². The van der Waals surface area contributed by atoms with E-state index in [0.717, 1.165) is 17.1 Å². The van der Waals surface area contributed by atoms with Gasteiger partial charge in [-0.2, -0.15) is 0 Å². The number of nitrogens with one attached hydrogen (secondary N) is 1. The molecule has 0 aromatic carbocycles. The van der Waals surface area contributed by atoms with Crippen LogP contribution in [0.1, 0.15) is 22.5 Å². The molecule has 0 bridgehead atoms. The second-order valence-electron chi connectivity index (χ2n) is 3.30. The third-order valence-corrected chi connectivity index (χ3v) is 4.27. The number of amides is 1. The van der Waals surface area contributed by atoms with Crippen LogP contribution in [0.4, 0.5) is 5.69 Å². The van der Waals surface area contributed by atoms with Gasteiger partial charge in [-0.1, -0.05) is 0 Å². The van der Waals surface area contributed by atoms with Crippen LogP contribution in [0, 0.1) is 0 Å². The molecule has 0 radical (unpaired) electrons. The SMILES string of the molecule is CSc1cc(N)c(C(=O)NC2CC2)s1. The van der Waals surface area contributed by atoms with E-state index in [0.29, 0.717) is 16.6 Å². The Morgan fingerprint density at radius 2 is 2.43 bits per heavy atom. The highest BCUT2D eigenvalue weighted by molar-refractivity contribution is 8.00. The fraction of sp³-hybridized carbons (Fsp3) is 0.444. The standard InChI is InChI=1S/C9H12N2OS2/c1-13-7-4-6(10)8(14-7)9(12)11-5-2-3-5/h4-5H,2-3,10H2,1H3,(H,11,12). The van der Waals surface area contributed by atoms with Gasteiger partial charge in [0.2, 0.25) is 0 Å². The van der Waals surface area contributed by atoms with Crippen molar-refractivity contribution in [1.82, 2.24) is 5.32 Å². The number of thiophene rings is 1. The summed E-state index contributed by atoms with van der Waals surface area (Å²) < 4.78 is 1.09. The molecule has 3 nitrogen and oxygen atoms in total. The highest BCUT2D eigenvalue weighted by Gasteiger charge is 2.25. The molecule has 0 spiro atoms. The summed E-state index contributed by atoms with van der Waals surface area (Å²) in [7, 11) is 0. The molecule has 0 saturated heterocycles. The van der Waals surface area contributed by atoms with Crippen molar-refractivity contribution in [2.75, 3.05) is 12.0 Å². The van der Waals surface area contributed by atoms with Gasteiger partial charge in [0.1, 0.15) is 4.88 Å². The van der Waals surface area contributed by atoms with E-state index < -0.39 is 0 Å². The van der Waals surface area contributed by atoms with Crippen LogP contribution in [-0.2, 0) is 0 Å². The van der Waals surface area contributed by atoms with Gasteiger partial charge in [0.25, 0.3) is 5.91 Å². The summed E-state index contributed by atoms with van der Waals surface area (Å²) in [6, 6.07) is 2.25. The van der Waals surface area contributed by atoms with Crippen molar-refractivity contribution in [2.45, 2.75) is 23.1 Å². The average molecular weight is 228 g/mol. The van der Waals surface area contributed by atoms with Crippen molar-refractivity contribution in [1.29, 1.82) is 0 Å². The molecule has 1 aromatic rings. The molecule has 5 heteroatoms. The van der Waals surface area contributed by atoms with E-state index in [2.05, 4.69) is 5.32 Å². The van der Waals surface area contributed by atoms with Gasteiger partial charge in [0, 0.05) is 6.04 Å². The van der Waals surface area contributed by atoms with Crippen molar-refractivity contribution in [3.05, 3.63) is 10.9 Å². The molecule has 14 heavy (non-hydrogen) atoms. The van der Waals surface area contributed by atoms with Gasteiger partial charge in [-0.25, -0.2) is 0 Å². The maximum atomic E-state index is 11.7. The number of hydrogen-bond donors (Lipinski definition) is 2. The molecule has 1 saturated carbocycles. The minimum atomic E-state index is -0.0182. The first kappa shape index (κ1) is 9.86. The monoisotopic (exact) mass is 228 g/mol. The van der Waals surface area contributed by atoms with Crippen LogP contribution in [0.25, 0.3) is 0 Å². The second kappa shape index (κ2) is 3.82. The van der Waals surface area contributed by atoms with E-state index in [1.165, 1.54) is 11.3 Å². The largest absolute Gasteiger partial charge is 0.397 e. The predicted octanol–water partition coefficient (Wildman–Crippen LogP) is 1.94. The molecule has 0 atom stereocenters. The molecule has 1 aliphatic carbocycles. The van der Waals surface area contributed by atoms with Gasteiger partial charge < -0.3 is 11.1 Å². The quantitative estimate of drug-likeness (QED) is 0.777. The van der Waals surface area contributed by atoms with Crippen molar-refractivity contribution in [2.24, 2.45) is 0 Å². The summed E-state index contributed by atoms with van der Waals surface area (Å²) in [6.45, 7) is 0. The number of carbonyl (C=O) groups is 1. The molecule has 0 unspecified atom stereocenters. The second-order valence-corrected chi connectivity index (χ2v) is 5.46. The minimum Gasteiger partial charge on any atom is -0.397 e. The molecule has 1 heterocycles. The summed E-state index contributed by atoms with van der Waals surface area (Å²) >= 11 is 3.08. The average Bonchev–Trinajstić information content (AvgIpc) is 2.87. The number of nitrogens with two attached hydrogens (primary N) is 1. The van der Waals surface area contributed by atoms with Crippen LogP contribution < -0.4 is 11.1 Å². The number of nitrogen functional groups attached to an aromatic ring is 1. The van der Waals surface area contributed by atoms with Gasteiger partial charge in [0.05, 0.1) is 9.90 Å². The molecule has 1 amide bonds. The van der Waals surface area contributed by atoms with Crippen molar-refractivity contribution < 1.29 is 4.79 Å². The van der Waals surface area contributed by atoms with Gasteiger partial charge in [-0.05, 0) is 25.2 Å². The van der Waals surface area contributed by atoms with E-state index >= 15 is 0 Å². The van der Waals surface area contributed by atoms with Gasteiger partial charge in [-0.15, -0.1) is 23.1 Å². The highest BCUT2D eigenvalue weighted by Crippen LogP contribution is 2.31. The van der Waals surface area contributed by atoms with Crippen molar-refractivity contribution in [3.8, 4) is 0 Å². The predicted molar refractivity (Wildman–Crippen MR) is 61.0 cm³/mol. The Bertz CT molecular complexity index is 358. The Morgan fingerprint density at radius 3 is 2.93 bits per heavy atom. The Hall–Kier alpha value is -0.680. The summed E-state index contributed by atoms with van der Waals surface area (Å²) in [5.74, 6) is -0.0182. The lowest BCUT2D eigenvalue weighted by Gasteiger charge is -2.00. The molecular formula is C9H12N2OS2. The number of thioether (sulfide) groups is 1. The summed E-state index contributed by atoms with van der Waals surface area (Å²) in [5.41, 5.74) is 6.35. The van der Waals surface area contributed by atoms with Crippen LogP contribution >= 0.6 is 23.1 Å². The van der Waals surface area contributed by atoms with Crippen LogP contribution in [0.2, 0.25) is 0 Å². The van der Waals surface area contributed by atoms with E-state index in [1.807, 2.05) is 12.3 Å². The smallest absolute Gasteiger partial charge is 0.263 e. The molecule has 3 N–H and O–H groups in total. The molecule has 1 fully saturated rings. The lowest BCUT2D eigenvalue weighted by molar-refractivity contribution is 0.0956. The maximum Gasteiger partial charge on any atom is 0.263 e. The van der Waals surface area contributed by atoms with Crippen molar-refractivity contribution in [3.63, 3.8) is 0 Å². The van der Waals surface area contributed by atoms with Gasteiger partial charge in [-0.3, -0.25) is 4.79 Å². The molecule has 76 valence electrons. The third-order valence-electron chi connectivity index (χ3n) is 2.06. The van der Waals surface area contributed by atoms with Gasteiger partial charge in [0.15, 0.2) is 0 Å². The van der Waals surface area contributed by atoms with Crippen LogP contribution in [-0.4, -0.2) is 18.2 Å². The van der Waals surface area contributed by atoms with E-state index in [9.17, 15) is 4.79 Å². The summed E-state index contributed by atoms with van der Waals surface area (Å²) in [4.78, 5) is 12.3. The van der Waals surface area contributed by atoms with E-state index in [1.54, 1.807) is 11.8 Å². The molecule has 2 rings (SSSR count). The normalized spacial score (nSPS) is 15.5. The zero-order valence-electron chi connectivity index (χ0n) is 7.87. The topological polar surface area (TPSA) is 55.1 Å². The summed E-state index contributed by atoms with van der Waals surface area (Å²) in [6.07, 6.45) is 4.19. The fourth-order valence-electron chi connectivity index (χ4n) is 1.14. The minimum absolute atomic E-state index is 0.0182. The number of hydrogen-bond acceptors (Lipinski definition) is 4. The summed E-state index contributed by atoms with van der Waals surface area (Å²) in [5, 5.41) is 2.93. The highest BCUT2D eigenvalue weighted by atomic mass is 32.2. The first-order chi connectivity index (χ1) is 6.70. The lowest BCUT2D eigenvalue weighted by atomic mass is 10.4. The van der Waals surface area contributed by atoms with E-state index in [-0.39, 0.29) is 5.91 Å². The Labute approximate surface area is 91.1 Å². The zero-order chi connectivity index (χ0) is 10.1. The Kier molecular flexibility index (Phi) is 2.69. The Morgan fingerprint density at radius 1 is 1.71 bits per heavy atom.